The average Bonchev–Trinajstić information content (AvgIpc) is 3.28. The van der Waals surface area contributed by atoms with Crippen LogP contribution in [0.3, 0.4) is 0 Å². The fourth-order valence-corrected chi connectivity index (χ4v) is 5.26. The quantitative estimate of drug-likeness (QED) is 0.668. The summed E-state index contributed by atoms with van der Waals surface area (Å²) in [6, 6.07) is 4.64. The van der Waals surface area contributed by atoms with Crippen molar-refractivity contribution in [3.8, 4) is 0 Å². The highest BCUT2D eigenvalue weighted by Crippen LogP contribution is 2.28. The van der Waals surface area contributed by atoms with E-state index in [0.29, 0.717) is 36.3 Å². The van der Waals surface area contributed by atoms with Crippen molar-refractivity contribution in [2.45, 2.75) is 50.8 Å². The van der Waals surface area contributed by atoms with Gasteiger partial charge in [0.2, 0.25) is 11.6 Å². The number of benzene rings is 1. The van der Waals surface area contributed by atoms with Crippen molar-refractivity contribution in [3.63, 3.8) is 0 Å². The molecule has 2 unspecified atom stereocenters. The zero-order valence-electron chi connectivity index (χ0n) is 18.5. The van der Waals surface area contributed by atoms with Gasteiger partial charge in [0.15, 0.2) is 0 Å². The fraction of sp³-hybridized carbons (Fsp3) is 0.609. The normalized spacial score (nSPS) is 24.0. The molecule has 3 aliphatic rings. The highest BCUT2D eigenvalue weighted by atomic mass is 35.5. The fourth-order valence-electron chi connectivity index (χ4n) is 4.94. The van der Waals surface area contributed by atoms with E-state index in [9.17, 15) is 14.7 Å². The van der Waals surface area contributed by atoms with Crippen molar-refractivity contribution in [1.29, 1.82) is 0 Å². The van der Waals surface area contributed by atoms with Crippen LogP contribution in [0, 0.1) is 0 Å². The molecule has 3 fully saturated rings. The Morgan fingerprint density at radius 2 is 1.84 bits per heavy atom. The molecule has 0 radical (unpaired) electrons. The molecular formula is C23H30Cl2N3O4+. The van der Waals surface area contributed by atoms with E-state index < -0.39 is 5.60 Å². The topological polar surface area (TPSA) is 73.1 Å². The molecule has 1 N–H and O–H groups in total. The highest BCUT2D eigenvalue weighted by molar-refractivity contribution is 6.42. The first kappa shape index (κ1) is 23.5. The Morgan fingerprint density at radius 3 is 2.50 bits per heavy atom. The Bertz CT molecular complexity index is 936. The second-order valence-electron chi connectivity index (χ2n) is 9.28. The van der Waals surface area contributed by atoms with E-state index in [1.165, 1.54) is 13.8 Å². The van der Waals surface area contributed by atoms with Gasteiger partial charge in [-0.2, -0.15) is 0 Å². The zero-order valence-corrected chi connectivity index (χ0v) is 20.0. The lowest BCUT2D eigenvalue weighted by Crippen LogP contribution is -2.71. The van der Waals surface area contributed by atoms with Crippen LogP contribution in [0.4, 0.5) is 0 Å². The predicted molar refractivity (Wildman–Crippen MR) is 123 cm³/mol. The number of piperazine rings is 1. The molecule has 0 aromatic heterocycles. The summed E-state index contributed by atoms with van der Waals surface area (Å²) in [6.45, 7) is 6.39. The van der Waals surface area contributed by atoms with Gasteiger partial charge >= 0.3 is 0 Å². The van der Waals surface area contributed by atoms with Crippen molar-refractivity contribution in [1.82, 2.24) is 9.80 Å². The Morgan fingerprint density at radius 1 is 1.16 bits per heavy atom. The number of ether oxygens (including phenoxy) is 1. The number of hydrogen-bond acceptors (Lipinski definition) is 4. The standard InChI is InChI=1S/C23H30Cl2N3O4/c1-23(2,31)22(30)27-9-10-28(20(29)12-15-5-6-16(24)17(25)11-15)21-18(13-32-14-19(21)27)26-7-3-4-8-26/h5-6,11,19,21,31H,3-4,7-10,12-14H2,1-2H3/q+1. The second kappa shape index (κ2) is 9.29. The van der Waals surface area contributed by atoms with Gasteiger partial charge in [-0.3, -0.25) is 9.59 Å². The Labute approximate surface area is 198 Å². The van der Waals surface area contributed by atoms with Crippen LogP contribution in [0.15, 0.2) is 18.2 Å². The third-order valence-corrected chi connectivity index (χ3v) is 7.26. The molecule has 0 bridgehead atoms. The number of carbonyl (C=O) groups is 2. The second-order valence-corrected chi connectivity index (χ2v) is 10.1. The average molecular weight is 483 g/mol. The zero-order chi connectivity index (χ0) is 23.0. The van der Waals surface area contributed by atoms with Crippen molar-refractivity contribution in [3.05, 3.63) is 33.8 Å². The Balaban J connectivity index is 1.66. The maximum Gasteiger partial charge on any atom is 0.254 e. The third kappa shape index (κ3) is 4.67. The van der Waals surface area contributed by atoms with E-state index >= 15 is 0 Å². The van der Waals surface area contributed by atoms with Gasteiger partial charge in [-0.25, -0.2) is 4.58 Å². The van der Waals surface area contributed by atoms with Gasteiger partial charge in [0.1, 0.15) is 31.3 Å². The number of halogens is 2. The van der Waals surface area contributed by atoms with Crippen LogP contribution in [0.1, 0.15) is 32.3 Å². The molecule has 32 heavy (non-hydrogen) atoms. The molecule has 174 valence electrons. The van der Waals surface area contributed by atoms with Gasteiger partial charge in [-0.15, -0.1) is 0 Å². The molecular weight excluding hydrogens is 453 g/mol. The largest absolute Gasteiger partial charge is 0.381 e. The van der Waals surface area contributed by atoms with Gasteiger partial charge in [0.05, 0.1) is 29.1 Å². The minimum atomic E-state index is -1.48. The summed E-state index contributed by atoms with van der Waals surface area (Å²) >= 11 is 12.2. The van der Waals surface area contributed by atoms with Crippen molar-refractivity contribution < 1.29 is 24.0 Å². The molecule has 2 atom stereocenters. The van der Waals surface area contributed by atoms with E-state index in [0.717, 1.165) is 37.2 Å². The van der Waals surface area contributed by atoms with Crippen LogP contribution in [0.5, 0.6) is 0 Å². The SMILES string of the molecule is CC(C)(O)C(=O)N1CCN(C(=O)Cc2ccc(Cl)c(Cl)c2)C2C(=[N+]3CCCC3)COCC21. The molecule has 0 aliphatic carbocycles. The minimum Gasteiger partial charge on any atom is -0.381 e. The molecule has 3 saturated heterocycles. The van der Waals surface area contributed by atoms with Gasteiger partial charge in [0, 0.05) is 25.9 Å². The number of fused-ring (bicyclic) bond motifs is 1. The molecule has 3 aliphatic heterocycles. The van der Waals surface area contributed by atoms with E-state index in [2.05, 4.69) is 4.58 Å². The van der Waals surface area contributed by atoms with Crippen LogP contribution < -0.4 is 0 Å². The molecule has 1 aromatic rings. The monoisotopic (exact) mass is 482 g/mol. The van der Waals surface area contributed by atoms with Gasteiger partial charge in [-0.1, -0.05) is 29.3 Å². The van der Waals surface area contributed by atoms with E-state index in [-0.39, 0.29) is 30.3 Å². The van der Waals surface area contributed by atoms with Crippen molar-refractivity contribution in [2.75, 3.05) is 39.4 Å². The molecule has 4 rings (SSSR count). The maximum atomic E-state index is 13.5. The van der Waals surface area contributed by atoms with Gasteiger partial charge in [-0.05, 0) is 31.5 Å². The number of hydrogen-bond donors (Lipinski definition) is 1. The summed E-state index contributed by atoms with van der Waals surface area (Å²) in [7, 11) is 0. The smallest absolute Gasteiger partial charge is 0.254 e. The van der Waals surface area contributed by atoms with Crippen molar-refractivity contribution >= 4 is 40.7 Å². The lowest BCUT2D eigenvalue weighted by Gasteiger charge is -2.49. The molecule has 7 nitrogen and oxygen atoms in total. The molecule has 9 heteroatoms. The van der Waals surface area contributed by atoms with Crippen LogP contribution in [-0.4, -0.2) is 94.1 Å². The van der Waals surface area contributed by atoms with Crippen LogP contribution in [-0.2, 0) is 20.7 Å². The maximum absolute atomic E-state index is 13.5. The lowest BCUT2D eigenvalue weighted by atomic mass is 9.92. The lowest BCUT2D eigenvalue weighted by molar-refractivity contribution is -0.511. The molecule has 2 amide bonds. The first-order valence-electron chi connectivity index (χ1n) is 11.1. The van der Waals surface area contributed by atoms with Gasteiger partial charge in [0.25, 0.3) is 5.91 Å². The van der Waals surface area contributed by atoms with Crippen LogP contribution in [0.2, 0.25) is 10.0 Å². The summed E-state index contributed by atoms with van der Waals surface area (Å²) < 4.78 is 8.21. The van der Waals surface area contributed by atoms with Crippen molar-refractivity contribution in [2.24, 2.45) is 0 Å². The van der Waals surface area contributed by atoms with Crippen LogP contribution >= 0.6 is 23.2 Å². The first-order valence-corrected chi connectivity index (χ1v) is 11.9. The molecule has 0 saturated carbocycles. The number of nitrogens with zero attached hydrogens (tertiary/aromatic N) is 3. The summed E-state index contributed by atoms with van der Waals surface area (Å²) in [5.74, 6) is -0.359. The molecule has 1 aromatic carbocycles. The Kier molecular flexibility index (Phi) is 6.82. The number of carbonyl (C=O) groups excluding carboxylic acids is 2. The highest BCUT2D eigenvalue weighted by Gasteiger charge is 2.50. The first-order chi connectivity index (χ1) is 15.2. The van der Waals surface area contributed by atoms with Gasteiger partial charge < -0.3 is 19.6 Å². The van der Waals surface area contributed by atoms with Crippen LogP contribution in [0.25, 0.3) is 0 Å². The van der Waals surface area contributed by atoms with E-state index in [1.807, 2.05) is 11.0 Å². The summed E-state index contributed by atoms with van der Waals surface area (Å²) in [6.07, 6.45) is 2.41. The number of rotatable bonds is 3. The molecule has 3 heterocycles. The molecule has 0 spiro atoms. The number of aliphatic hydroxyl groups is 1. The number of amides is 2. The third-order valence-electron chi connectivity index (χ3n) is 6.52. The summed E-state index contributed by atoms with van der Waals surface area (Å²) in [5.41, 5.74) is 0.363. The summed E-state index contributed by atoms with van der Waals surface area (Å²) in [4.78, 5) is 30.1. The van der Waals surface area contributed by atoms with E-state index in [4.69, 9.17) is 27.9 Å². The minimum absolute atomic E-state index is 0.0210. The van der Waals surface area contributed by atoms with E-state index in [1.54, 1.807) is 17.0 Å². The predicted octanol–water partition coefficient (Wildman–Crippen LogP) is 1.99. The summed E-state index contributed by atoms with van der Waals surface area (Å²) in [5, 5.41) is 11.2. The Hall–Kier alpha value is -1.67.